The van der Waals surface area contributed by atoms with E-state index in [1.807, 2.05) is 0 Å². The van der Waals surface area contributed by atoms with Crippen LogP contribution in [0, 0.1) is 0 Å². The van der Waals surface area contributed by atoms with Gasteiger partial charge < -0.3 is 5.32 Å². The maximum atomic E-state index is 12.4. The number of nitrogens with zero attached hydrogens (tertiary/aromatic N) is 1. The lowest BCUT2D eigenvalue weighted by atomic mass is 10.1. The molecule has 90 valence electrons. The lowest BCUT2D eigenvalue weighted by molar-refractivity contribution is -0.141. The van der Waals surface area contributed by atoms with Crippen LogP contribution in [0.5, 0.6) is 0 Å². The van der Waals surface area contributed by atoms with Crippen molar-refractivity contribution in [3.8, 4) is 0 Å². The van der Waals surface area contributed by atoms with Crippen molar-refractivity contribution < 1.29 is 18.0 Å². The second-order valence-electron chi connectivity index (χ2n) is 4.23. The van der Waals surface area contributed by atoms with Crippen LogP contribution in [0.1, 0.15) is 36.1 Å². The van der Waals surface area contributed by atoms with E-state index in [1.54, 1.807) is 20.8 Å². The third kappa shape index (κ3) is 3.19. The Bertz CT molecular complexity index is 392. The fourth-order valence-corrected chi connectivity index (χ4v) is 1.71. The van der Waals surface area contributed by atoms with E-state index in [0.29, 0.717) is 11.3 Å². The van der Waals surface area contributed by atoms with Gasteiger partial charge in [-0.1, -0.05) is 0 Å². The van der Waals surface area contributed by atoms with Crippen LogP contribution in [0.2, 0.25) is 0 Å². The Balaban J connectivity index is 2.98. The largest absolute Gasteiger partial charge is 0.434 e. The Labute approximate surface area is 94.7 Å². The number of alkyl halides is 3. The van der Waals surface area contributed by atoms with Crippen molar-refractivity contribution in [3.63, 3.8) is 0 Å². The molecule has 0 aliphatic rings. The smallest absolute Gasteiger partial charge is 0.347 e. The van der Waals surface area contributed by atoms with Crippen LogP contribution >= 0.6 is 11.3 Å². The van der Waals surface area contributed by atoms with Gasteiger partial charge in [0.1, 0.15) is 4.88 Å². The molecule has 0 atom stereocenters. The minimum Gasteiger partial charge on any atom is -0.347 e. The van der Waals surface area contributed by atoms with Crippen LogP contribution in [0.25, 0.3) is 0 Å². The lowest BCUT2D eigenvalue weighted by Gasteiger charge is -2.20. The predicted molar refractivity (Wildman–Crippen MR) is 54.3 cm³/mol. The van der Waals surface area contributed by atoms with Crippen molar-refractivity contribution in [2.45, 2.75) is 32.5 Å². The van der Waals surface area contributed by atoms with Gasteiger partial charge in [-0.25, -0.2) is 4.98 Å². The summed E-state index contributed by atoms with van der Waals surface area (Å²) >= 11 is 0.682. The summed E-state index contributed by atoms with van der Waals surface area (Å²) < 4.78 is 37.3. The molecule has 1 amide bonds. The average Bonchev–Trinajstić information content (AvgIpc) is 2.45. The predicted octanol–water partition coefficient (Wildman–Crippen LogP) is 2.69. The Morgan fingerprint density at radius 2 is 1.94 bits per heavy atom. The molecule has 1 heterocycles. The summed E-state index contributed by atoms with van der Waals surface area (Å²) in [5.41, 5.74) is -0.691. The van der Waals surface area contributed by atoms with Gasteiger partial charge in [-0.15, -0.1) is 11.3 Å². The summed E-state index contributed by atoms with van der Waals surface area (Å²) in [6.45, 7) is 5.08. The van der Waals surface area contributed by atoms with E-state index in [4.69, 9.17) is 0 Å². The summed E-state index contributed by atoms with van der Waals surface area (Å²) in [7, 11) is 0. The molecule has 0 saturated heterocycles. The van der Waals surface area contributed by atoms with Crippen molar-refractivity contribution >= 4 is 17.2 Å². The molecule has 0 aliphatic carbocycles. The topological polar surface area (TPSA) is 42.0 Å². The minimum atomic E-state index is -4.59. The first-order valence-corrected chi connectivity index (χ1v) is 5.32. The van der Waals surface area contributed by atoms with Gasteiger partial charge in [0.2, 0.25) is 0 Å². The highest BCUT2D eigenvalue weighted by Crippen LogP contribution is 2.32. The Hall–Kier alpha value is -1.11. The highest BCUT2D eigenvalue weighted by atomic mass is 32.1. The number of carbonyl (C=O) groups excluding carboxylic acids is 1. The Kier molecular flexibility index (Phi) is 3.27. The molecule has 1 N–H and O–H groups in total. The number of nitrogens with one attached hydrogen (secondary N) is 1. The molecule has 0 saturated carbocycles. The van der Waals surface area contributed by atoms with E-state index in [0.717, 1.165) is 5.51 Å². The molecule has 0 aromatic carbocycles. The zero-order valence-electron chi connectivity index (χ0n) is 8.97. The number of amides is 1. The van der Waals surface area contributed by atoms with Crippen LogP contribution < -0.4 is 5.32 Å². The first kappa shape index (κ1) is 13.0. The quantitative estimate of drug-likeness (QED) is 0.835. The first-order chi connectivity index (χ1) is 7.11. The van der Waals surface area contributed by atoms with Crippen molar-refractivity contribution in [1.82, 2.24) is 10.3 Å². The molecule has 7 heteroatoms. The van der Waals surface area contributed by atoms with Crippen molar-refractivity contribution in [2.24, 2.45) is 0 Å². The van der Waals surface area contributed by atoms with Crippen LogP contribution in [0.3, 0.4) is 0 Å². The van der Waals surface area contributed by atoms with Gasteiger partial charge in [-0.05, 0) is 20.8 Å². The number of hydrogen-bond donors (Lipinski definition) is 1. The maximum absolute atomic E-state index is 12.4. The zero-order valence-corrected chi connectivity index (χ0v) is 9.79. The zero-order chi connectivity index (χ0) is 12.6. The lowest BCUT2D eigenvalue weighted by Crippen LogP contribution is -2.40. The fraction of sp³-hybridized carbons (Fsp3) is 0.556. The highest BCUT2D eigenvalue weighted by molar-refractivity contribution is 7.11. The molecule has 1 aromatic rings. The van der Waals surface area contributed by atoms with Crippen molar-refractivity contribution in [3.05, 3.63) is 16.1 Å². The molecule has 0 fully saturated rings. The second-order valence-corrected chi connectivity index (χ2v) is 5.09. The van der Waals surface area contributed by atoms with Crippen molar-refractivity contribution in [1.29, 1.82) is 0 Å². The second kappa shape index (κ2) is 4.04. The third-order valence-electron chi connectivity index (χ3n) is 1.53. The summed E-state index contributed by atoms with van der Waals surface area (Å²) in [4.78, 5) is 14.3. The normalized spacial score (nSPS) is 12.6. The van der Waals surface area contributed by atoms with Gasteiger partial charge in [0.05, 0.1) is 5.51 Å². The van der Waals surface area contributed by atoms with E-state index < -0.39 is 28.2 Å². The Morgan fingerprint density at radius 3 is 2.38 bits per heavy atom. The summed E-state index contributed by atoms with van der Waals surface area (Å²) in [6.07, 6.45) is -4.59. The average molecular weight is 252 g/mol. The molecule has 0 radical (unpaired) electrons. The summed E-state index contributed by atoms with van der Waals surface area (Å²) in [5.74, 6) is -0.748. The number of rotatable bonds is 1. The number of halogens is 3. The van der Waals surface area contributed by atoms with Crippen LogP contribution in [-0.4, -0.2) is 16.4 Å². The number of hydrogen-bond acceptors (Lipinski definition) is 3. The molecule has 0 aliphatic heterocycles. The van der Waals surface area contributed by atoms with Gasteiger partial charge in [0.25, 0.3) is 5.91 Å². The van der Waals surface area contributed by atoms with E-state index >= 15 is 0 Å². The minimum absolute atomic E-state index is 0.401. The van der Waals surface area contributed by atoms with E-state index in [9.17, 15) is 18.0 Å². The first-order valence-electron chi connectivity index (χ1n) is 4.44. The van der Waals surface area contributed by atoms with Gasteiger partial charge >= 0.3 is 6.18 Å². The summed E-state index contributed by atoms with van der Waals surface area (Å²) in [6, 6.07) is 0. The molecule has 0 spiro atoms. The Morgan fingerprint density at radius 1 is 1.38 bits per heavy atom. The fourth-order valence-electron chi connectivity index (χ4n) is 1.01. The third-order valence-corrected chi connectivity index (χ3v) is 2.36. The van der Waals surface area contributed by atoms with E-state index in [2.05, 4.69) is 10.3 Å². The van der Waals surface area contributed by atoms with Crippen LogP contribution in [-0.2, 0) is 6.18 Å². The summed E-state index contributed by atoms with van der Waals surface area (Å²) in [5, 5.41) is 2.47. The van der Waals surface area contributed by atoms with Crippen LogP contribution in [0.15, 0.2) is 5.51 Å². The number of carbonyl (C=O) groups is 1. The molecule has 3 nitrogen and oxygen atoms in total. The standard InChI is InChI=1S/C9H11F3N2OS/c1-8(2,3)14-7(15)5-6(9(10,11)12)13-4-16-5/h4H,1-3H3,(H,14,15). The van der Waals surface area contributed by atoms with Gasteiger partial charge in [0, 0.05) is 5.54 Å². The van der Waals surface area contributed by atoms with E-state index in [-0.39, 0.29) is 0 Å². The SMILES string of the molecule is CC(C)(C)NC(=O)c1scnc1C(F)(F)F. The monoisotopic (exact) mass is 252 g/mol. The molecule has 16 heavy (non-hydrogen) atoms. The van der Waals surface area contributed by atoms with Crippen LogP contribution in [0.4, 0.5) is 13.2 Å². The number of aromatic nitrogens is 1. The molecular weight excluding hydrogens is 241 g/mol. The molecule has 0 bridgehead atoms. The highest BCUT2D eigenvalue weighted by Gasteiger charge is 2.38. The van der Waals surface area contributed by atoms with Crippen molar-refractivity contribution in [2.75, 3.05) is 0 Å². The molecule has 1 rings (SSSR count). The number of thiazole rings is 1. The maximum Gasteiger partial charge on any atom is 0.434 e. The van der Waals surface area contributed by atoms with Gasteiger partial charge in [0.15, 0.2) is 5.69 Å². The molecule has 0 unspecified atom stereocenters. The van der Waals surface area contributed by atoms with E-state index in [1.165, 1.54) is 0 Å². The molecular formula is C9H11F3N2OS. The van der Waals surface area contributed by atoms with Gasteiger partial charge in [-0.3, -0.25) is 4.79 Å². The molecule has 1 aromatic heterocycles. The van der Waals surface area contributed by atoms with Gasteiger partial charge in [-0.2, -0.15) is 13.2 Å².